The molecule has 1 aromatic carbocycles. The fourth-order valence-electron chi connectivity index (χ4n) is 2.39. The Hall–Kier alpha value is -2.47. The van der Waals surface area contributed by atoms with Crippen LogP contribution in [0.15, 0.2) is 36.9 Å². The van der Waals surface area contributed by atoms with E-state index in [1.165, 1.54) is 6.08 Å². The summed E-state index contributed by atoms with van der Waals surface area (Å²) in [5.74, 6) is -0.872. The van der Waals surface area contributed by atoms with Crippen molar-refractivity contribution in [1.29, 1.82) is 0 Å². The minimum absolute atomic E-state index is 0.0548. The molecule has 1 aliphatic heterocycles. The maximum atomic E-state index is 12.2. The molecule has 0 bridgehead atoms. The van der Waals surface area contributed by atoms with Crippen molar-refractivity contribution < 1.29 is 23.9 Å². The highest BCUT2D eigenvalue weighted by Crippen LogP contribution is 2.22. The van der Waals surface area contributed by atoms with E-state index in [2.05, 4.69) is 6.58 Å². The van der Waals surface area contributed by atoms with Crippen molar-refractivity contribution in [2.75, 3.05) is 24.7 Å². The van der Waals surface area contributed by atoms with Crippen molar-refractivity contribution in [2.45, 2.75) is 25.9 Å². The summed E-state index contributed by atoms with van der Waals surface area (Å²) in [5.41, 5.74) is 1.09. The summed E-state index contributed by atoms with van der Waals surface area (Å²) in [5, 5.41) is 0. The van der Waals surface area contributed by atoms with Gasteiger partial charge in [-0.3, -0.25) is 9.59 Å². The second-order valence-corrected chi connectivity index (χ2v) is 5.49. The molecule has 0 saturated carbocycles. The number of hydrogen-bond acceptors (Lipinski definition) is 5. The zero-order valence-electron chi connectivity index (χ0n) is 13.7. The Morgan fingerprint density at radius 1 is 1.42 bits per heavy atom. The van der Waals surface area contributed by atoms with Crippen LogP contribution in [-0.2, 0) is 19.1 Å². The highest BCUT2D eigenvalue weighted by atomic mass is 16.6. The van der Waals surface area contributed by atoms with Gasteiger partial charge in [-0.25, -0.2) is 4.79 Å². The predicted octanol–water partition coefficient (Wildman–Crippen LogP) is 2.13. The first-order valence-electron chi connectivity index (χ1n) is 7.85. The Balaban J connectivity index is 1.94. The van der Waals surface area contributed by atoms with Crippen LogP contribution in [0, 0.1) is 0 Å². The summed E-state index contributed by atoms with van der Waals surface area (Å²) in [4.78, 5) is 37.4. The number of ketones is 1. The van der Waals surface area contributed by atoms with Crippen molar-refractivity contribution in [3.8, 4) is 0 Å². The third kappa shape index (κ3) is 4.52. The normalized spacial score (nSPS) is 15.2. The number of anilines is 1. The number of hydrogen-bond donors (Lipinski definition) is 0. The first kappa shape index (κ1) is 17.9. The number of esters is 1. The van der Waals surface area contributed by atoms with Gasteiger partial charge < -0.3 is 14.4 Å². The van der Waals surface area contributed by atoms with E-state index in [1.807, 2.05) is 0 Å². The number of rotatable bonds is 8. The lowest BCUT2D eigenvalue weighted by Crippen LogP contribution is -2.26. The Kier molecular flexibility index (Phi) is 6.26. The van der Waals surface area contributed by atoms with Crippen molar-refractivity contribution >= 4 is 23.3 Å². The summed E-state index contributed by atoms with van der Waals surface area (Å²) in [7, 11) is 0. The predicted molar refractivity (Wildman–Crippen MR) is 88.9 cm³/mol. The standard InChI is InChI=1S/C18H21NO5/c1-3-10-23-13(2)18(22)24-12-16(20)14-6-4-7-15(11-14)19-9-5-8-17(19)21/h3-4,6-7,11,13H,1,5,8-10,12H2,2H3. The van der Waals surface area contributed by atoms with Crippen molar-refractivity contribution in [1.82, 2.24) is 0 Å². The molecule has 128 valence electrons. The molecule has 0 aliphatic carbocycles. The average Bonchev–Trinajstić information content (AvgIpc) is 3.03. The number of carbonyl (C=O) groups excluding carboxylic acids is 3. The lowest BCUT2D eigenvalue weighted by molar-refractivity contribution is -0.154. The molecule has 1 saturated heterocycles. The molecule has 0 spiro atoms. The third-order valence-corrected chi connectivity index (χ3v) is 3.69. The van der Waals surface area contributed by atoms with E-state index in [0.717, 1.165) is 6.42 Å². The molecule has 24 heavy (non-hydrogen) atoms. The monoisotopic (exact) mass is 331 g/mol. The van der Waals surface area contributed by atoms with Gasteiger partial charge in [0.05, 0.1) is 6.61 Å². The van der Waals surface area contributed by atoms with E-state index in [4.69, 9.17) is 9.47 Å². The zero-order valence-corrected chi connectivity index (χ0v) is 13.7. The van der Waals surface area contributed by atoms with Gasteiger partial charge in [-0.05, 0) is 25.5 Å². The Labute approximate surface area is 141 Å². The van der Waals surface area contributed by atoms with Crippen molar-refractivity contribution in [3.63, 3.8) is 0 Å². The first-order valence-corrected chi connectivity index (χ1v) is 7.85. The zero-order chi connectivity index (χ0) is 17.5. The van der Waals surface area contributed by atoms with Crippen LogP contribution in [0.1, 0.15) is 30.1 Å². The SMILES string of the molecule is C=CCOC(C)C(=O)OCC(=O)c1cccc(N2CCCC2=O)c1. The maximum absolute atomic E-state index is 12.2. The van der Waals surface area contributed by atoms with E-state index < -0.39 is 12.1 Å². The van der Waals surface area contributed by atoms with Crippen LogP contribution in [0.5, 0.6) is 0 Å². The minimum Gasteiger partial charge on any atom is -0.455 e. The highest BCUT2D eigenvalue weighted by Gasteiger charge is 2.22. The van der Waals surface area contributed by atoms with E-state index >= 15 is 0 Å². The number of ether oxygens (including phenoxy) is 2. The number of nitrogens with zero attached hydrogens (tertiary/aromatic N) is 1. The molecule has 6 heteroatoms. The molecule has 1 aromatic rings. The van der Waals surface area contributed by atoms with Crippen LogP contribution in [-0.4, -0.2) is 43.5 Å². The molecule has 0 N–H and O–H groups in total. The van der Waals surface area contributed by atoms with Crippen LogP contribution in [0.4, 0.5) is 5.69 Å². The van der Waals surface area contributed by atoms with Gasteiger partial charge in [0, 0.05) is 24.2 Å². The molecule has 2 rings (SSSR count). The topological polar surface area (TPSA) is 72.9 Å². The fourth-order valence-corrected chi connectivity index (χ4v) is 2.39. The molecule has 1 fully saturated rings. The molecule has 6 nitrogen and oxygen atoms in total. The van der Waals surface area contributed by atoms with Gasteiger partial charge in [0.1, 0.15) is 0 Å². The molecule has 0 radical (unpaired) electrons. The van der Waals surface area contributed by atoms with Crippen molar-refractivity contribution in [2.24, 2.45) is 0 Å². The van der Waals surface area contributed by atoms with Gasteiger partial charge in [0.25, 0.3) is 0 Å². The quantitative estimate of drug-likeness (QED) is 0.414. The van der Waals surface area contributed by atoms with Gasteiger partial charge in [0.15, 0.2) is 18.5 Å². The maximum Gasteiger partial charge on any atom is 0.335 e. The summed E-state index contributed by atoms with van der Waals surface area (Å²) in [6.45, 7) is 5.57. The molecule has 0 aromatic heterocycles. The number of benzene rings is 1. The lowest BCUT2D eigenvalue weighted by atomic mass is 10.1. The van der Waals surface area contributed by atoms with E-state index in [0.29, 0.717) is 24.2 Å². The number of carbonyl (C=O) groups is 3. The van der Waals surface area contributed by atoms with E-state index in [-0.39, 0.29) is 24.9 Å². The van der Waals surface area contributed by atoms with Crippen LogP contribution in [0.2, 0.25) is 0 Å². The number of amides is 1. The van der Waals surface area contributed by atoms with Gasteiger partial charge in [-0.1, -0.05) is 18.2 Å². The Morgan fingerprint density at radius 2 is 2.21 bits per heavy atom. The second kappa shape index (κ2) is 8.40. The van der Waals surface area contributed by atoms with Gasteiger partial charge in [0.2, 0.25) is 5.91 Å². The lowest BCUT2D eigenvalue weighted by Gasteiger charge is -2.16. The fraction of sp³-hybridized carbons (Fsp3) is 0.389. The molecule has 1 amide bonds. The second-order valence-electron chi connectivity index (χ2n) is 5.49. The summed E-state index contributed by atoms with van der Waals surface area (Å²) in [6.07, 6.45) is 2.11. The van der Waals surface area contributed by atoms with Crippen LogP contribution in [0.3, 0.4) is 0 Å². The third-order valence-electron chi connectivity index (χ3n) is 3.69. The molecular formula is C18H21NO5. The first-order chi connectivity index (χ1) is 11.5. The average molecular weight is 331 g/mol. The minimum atomic E-state index is -0.760. The van der Waals surface area contributed by atoms with Gasteiger partial charge in [-0.2, -0.15) is 0 Å². The largest absolute Gasteiger partial charge is 0.455 e. The summed E-state index contributed by atoms with van der Waals surface area (Å²) < 4.78 is 10.1. The number of Topliss-reactive ketones (excluding diaryl/α,β-unsaturated/α-hetero) is 1. The Morgan fingerprint density at radius 3 is 2.88 bits per heavy atom. The molecule has 1 aliphatic rings. The van der Waals surface area contributed by atoms with Crippen LogP contribution < -0.4 is 4.90 Å². The van der Waals surface area contributed by atoms with Crippen LogP contribution >= 0.6 is 0 Å². The highest BCUT2D eigenvalue weighted by molar-refractivity contribution is 6.01. The molecule has 1 atom stereocenters. The summed E-state index contributed by atoms with van der Waals surface area (Å²) in [6, 6.07) is 6.79. The van der Waals surface area contributed by atoms with Crippen molar-refractivity contribution in [3.05, 3.63) is 42.5 Å². The molecule has 1 unspecified atom stereocenters. The molecular weight excluding hydrogens is 310 g/mol. The Bertz CT molecular complexity index is 640. The van der Waals surface area contributed by atoms with E-state index in [1.54, 1.807) is 36.1 Å². The van der Waals surface area contributed by atoms with Crippen LogP contribution in [0.25, 0.3) is 0 Å². The summed E-state index contributed by atoms with van der Waals surface area (Å²) >= 11 is 0. The van der Waals surface area contributed by atoms with Gasteiger partial charge >= 0.3 is 5.97 Å². The van der Waals surface area contributed by atoms with E-state index in [9.17, 15) is 14.4 Å². The molecule has 1 heterocycles. The van der Waals surface area contributed by atoms with Gasteiger partial charge in [-0.15, -0.1) is 6.58 Å². The smallest absolute Gasteiger partial charge is 0.335 e.